The van der Waals surface area contributed by atoms with E-state index in [9.17, 15) is 14.3 Å². The Kier molecular flexibility index (Phi) is 5.60. The molecular weight excluding hydrogens is 313 g/mol. The number of ether oxygens (including phenoxy) is 1. The van der Waals surface area contributed by atoms with Crippen LogP contribution in [0, 0.1) is 11.7 Å². The van der Waals surface area contributed by atoms with Gasteiger partial charge in [0.1, 0.15) is 11.9 Å². The molecule has 0 amide bonds. The van der Waals surface area contributed by atoms with Gasteiger partial charge in [0.25, 0.3) is 0 Å². The van der Waals surface area contributed by atoms with Gasteiger partial charge >= 0.3 is 5.97 Å². The van der Waals surface area contributed by atoms with Crippen LogP contribution in [0.2, 0.25) is 5.02 Å². The van der Waals surface area contributed by atoms with Crippen molar-refractivity contribution in [2.45, 2.75) is 24.8 Å². The molecule has 1 N–H and O–H groups in total. The van der Waals surface area contributed by atoms with E-state index in [4.69, 9.17) is 21.9 Å². The molecule has 1 heterocycles. The molecule has 2 atom stereocenters. The van der Waals surface area contributed by atoms with Crippen molar-refractivity contribution < 1.29 is 19.0 Å². The van der Waals surface area contributed by atoms with Crippen LogP contribution in [0.3, 0.4) is 0 Å². The second-order valence-electron chi connectivity index (χ2n) is 5.14. The summed E-state index contributed by atoms with van der Waals surface area (Å²) < 4.78 is 19.0. The molecule has 1 aromatic carbocycles. The highest BCUT2D eigenvalue weighted by atomic mass is 35.5. The number of azide groups is 1. The Morgan fingerprint density at radius 3 is 2.73 bits per heavy atom. The number of hydrogen-bond acceptors (Lipinski definition) is 3. The van der Waals surface area contributed by atoms with Crippen LogP contribution in [0.15, 0.2) is 23.3 Å². The molecule has 0 aromatic heterocycles. The first kappa shape index (κ1) is 16.5. The van der Waals surface area contributed by atoms with Crippen molar-refractivity contribution in [3.8, 4) is 0 Å². The number of carboxylic acids is 1. The summed E-state index contributed by atoms with van der Waals surface area (Å²) >= 11 is 5.68. The van der Waals surface area contributed by atoms with Crippen molar-refractivity contribution in [1.82, 2.24) is 0 Å². The van der Waals surface area contributed by atoms with Gasteiger partial charge in [-0.1, -0.05) is 22.8 Å². The van der Waals surface area contributed by atoms with Gasteiger partial charge in [-0.25, -0.2) is 4.39 Å². The van der Waals surface area contributed by atoms with E-state index >= 15 is 0 Å². The highest BCUT2D eigenvalue weighted by molar-refractivity contribution is 6.30. The fraction of sp³-hybridized carbons (Fsp3) is 0.500. The zero-order valence-corrected chi connectivity index (χ0v) is 12.4. The third-order valence-corrected chi connectivity index (χ3v) is 4.18. The molecule has 1 fully saturated rings. The van der Waals surface area contributed by atoms with Crippen LogP contribution >= 0.6 is 11.6 Å². The number of carboxylic acid groups (broad SMARTS) is 1. The topological polar surface area (TPSA) is 95.3 Å². The lowest BCUT2D eigenvalue weighted by molar-refractivity contribution is -0.139. The van der Waals surface area contributed by atoms with Gasteiger partial charge in [0.05, 0.1) is 5.02 Å². The summed E-state index contributed by atoms with van der Waals surface area (Å²) in [5, 5.41) is 12.8. The number of carbonyl (C=O) groups is 1. The minimum atomic E-state index is -1.30. The molecule has 22 heavy (non-hydrogen) atoms. The van der Waals surface area contributed by atoms with Crippen LogP contribution in [0.5, 0.6) is 0 Å². The Morgan fingerprint density at radius 1 is 1.50 bits per heavy atom. The van der Waals surface area contributed by atoms with E-state index < -0.39 is 23.7 Å². The second kappa shape index (κ2) is 7.45. The zero-order chi connectivity index (χ0) is 16.1. The van der Waals surface area contributed by atoms with Crippen molar-refractivity contribution in [3.05, 3.63) is 45.0 Å². The van der Waals surface area contributed by atoms with Gasteiger partial charge in [-0.15, -0.1) is 0 Å². The molecular formula is C14H15ClFN3O3. The summed E-state index contributed by atoms with van der Waals surface area (Å²) in [6.07, 6.45) is 1.25. The van der Waals surface area contributed by atoms with E-state index in [1.54, 1.807) is 6.07 Å². The normalized spacial score (nSPS) is 18.3. The monoisotopic (exact) mass is 327 g/mol. The lowest BCUT2D eigenvalue weighted by Gasteiger charge is -2.32. The predicted molar refractivity (Wildman–Crippen MR) is 78.3 cm³/mol. The Hall–Kier alpha value is -1.82. The van der Waals surface area contributed by atoms with Gasteiger partial charge in [0.2, 0.25) is 0 Å². The number of aliphatic carboxylic acids is 1. The van der Waals surface area contributed by atoms with Gasteiger partial charge in [0, 0.05) is 24.0 Å². The van der Waals surface area contributed by atoms with Crippen molar-refractivity contribution in [2.24, 2.45) is 11.0 Å². The van der Waals surface area contributed by atoms with Crippen molar-refractivity contribution >= 4 is 17.6 Å². The maximum absolute atomic E-state index is 13.7. The number of nitrogens with zero attached hydrogens (tertiary/aromatic N) is 3. The highest BCUT2D eigenvalue weighted by Gasteiger charge is 2.36. The number of rotatable bonds is 5. The first-order chi connectivity index (χ1) is 10.5. The average molecular weight is 328 g/mol. The fourth-order valence-electron chi connectivity index (χ4n) is 2.84. The molecule has 0 bridgehead atoms. The smallest absolute Gasteiger partial charge is 0.313 e. The molecule has 0 radical (unpaired) electrons. The summed E-state index contributed by atoms with van der Waals surface area (Å²) in [4.78, 5) is 14.1. The molecule has 0 spiro atoms. The van der Waals surface area contributed by atoms with E-state index in [1.807, 2.05) is 0 Å². The summed E-state index contributed by atoms with van der Waals surface area (Å²) in [5.41, 5.74) is 9.12. The number of benzene rings is 1. The van der Waals surface area contributed by atoms with E-state index in [0.717, 1.165) is 0 Å². The maximum Gasteiger partial charge on any atom is 0.313 e. The Bertz CT molecular complexity index is 599. The summed E-state index contributed by atoms with van der Waals surface area (Å²) in [6, 6.07) is 2.88. The third-order valence-electron chi connectivity index (χ3n) is 3.87. The van der Waals surface area contributed by atoms with Gasteiger partial charge in [-0.2, -0.15) is 0 Å². The Morgan fingerprint density at radius 2 is 2.18 bits per heavy atom. The summed E-state index contributed by atoms with van der Waals surface area (Å²) in [7, 11) is 0. The number of hydrogen-bond donors (Lipinski definition) is 1. The van der Waals surface area contributed by atoms with Crippen LogP contribution in [0.1, 0.15) is 24.3 Å². The second-order valence-corrected chi connectivity index (χ2v) is 5.54. The molecule has 1 saturated heterocycles. The van der Waals surface area contributed by atoms with Gasteiger partial charge in [-0.3, -0.25) is 4.79 Å². The molecule has 0 saturated carbocycles. The molecule has 0 unspecified atom stereocenters. The van der Waals surface area contributed by atoms with E-state index in [1.165, 1.54) is 12.1 Å². The van der Waals surface area contributed by atoms with Crippen LogP contribution in [-0.4, -0.2) is 30.3 Å². The standard InChI is InChI=1S/C14H15ClFN3O3/c15-10-2-1-9(7-11(10)16)12(8-3-5-22-6-4-8)13(14(20)21)18-19-17/h1-2,7-8,12-13H,3-6H2,(H,20,21)/t12-,13+/m1/s1. The molecule has 6 nitrogen and oxygen atoms in total. The first-order valence-corrected chi connectivity index (χ1v) is 7.22. The SMILES string of the molecule is [N-]=[N+]=N[C@H](C(=O)O)[C@@H](c1ccc(Cl)c(F)c1)C1CCOCC1. The van der Waals surface area contributed by atoms with Crippen molar-refractivity contribution in [3.63, 3.8) is 0 Å². The minimum absolute atomic E-state index is 0.0369. The van der Waals surface area contributed by atoms with Crippen LogP contribution in [0.4, 0.5) is 4.39 Å². The summed E-state index contributed by atoms with van der Waals surface area (Å²) in [5.74, 6) is -2.55. The molecule has 1 aromatic rings. The third kappa shape index (κ3) is 3.68. The minimum Gasteiger partial charge on any atom is -0.481 e. The zero-order valence-electron chi connectivity index (χ0n) is 11.7. The quantitative estimate of drug-likeness (QED) is 0.506. The Labute approximate surface area is 131 Å². The largest absolute Gasteiger partial charge is 0.481 e. The highest BCUT2D eigenvalue weighted by Crippen LogP contribution is 2.37. The van der Waals surface area contributed by atoms with Crippen molar-refractivity contribution in [2.75, 3.05) is 13.2 Å². The van der Waals surface area contributed by atoms with Gasteiger partial charge in [-0.05, 0) is 42.0 Å². The predicted octanol–water partition coefficient (Wildman–Crippen LogP) is 3.75. The van der Waals surface area contributed by atoms with Crippen molar-refractivity contribution in [1.29, 1.82) is 0 Å². The van der Waals surface area contributed by atoms with E-state index in [-0.39, 0.29) is 10.9 Å². The van der Waals surface area contributed by atoms with E-state index in [2.05, 4.69) is 10.0 Å². The van der Waals surface area contributed by atoms with Crippen LogP contribution in [0.25, 0.3) is 10.4 Å². The Balaban J connectivity index is 2.44. The molecule has 8 heteroatoms. The van der Waals surface area contributed by atoms with Crippen LogP contribution in [-0.2, 0) is 9.53 Å². The maximum atomic E-state index is 13.7. The lowest BCUT2D eigenvalue weighted by atomic mass is 9.77. The first-order valence-electron chi connectivity index (χ1n) is 6.84. The fourth-order valence-corrected chi connectivity index (χ4v) is 2.95. The molecule has 1 aliphatic rings. The molecule has 2 rings (SSSR count). The molecule has 1 aliphatic heterocycles. The van der Waals surface area contributed by atoms with Gasteiger partial charge in [0.15, 0.2) is 0 Å². The average Bonchev–Trinajstić information content (AvgIpc) is 2.51. The van der Waals surface area contributed by atoms with Crippen LogP contribution < -0.4 is 0 Å². The summed E-state index contributed by atoms with van der Waals surface area (Å²) in [6.45, 7) is 1.000. The lowest BCUT2D eigenvalue weighted by Crippen LogP contribution is -2.34. The number of halogens is 2. The van der Waals surface area contributed by atoms with E-state index in [0.29, 0.717) is 31.6 Å². The van der Waals surface area contributed by atoms with Gasteiger partial charge < -0.3 is 9.84 Å². The molecule has 118 valence electrons. The molecule has 0 aliphatic carbocycles.